The van der Waals surface area contributed by atoms with Crippen molar-refractivity contribution in [3.8, 4) is 0 Å². The van der Waals surface area contributed by atoms with Gasteiger partial charge in [-0.05, 0) is 30.0 Å². The van der Waals surface area contributed by atoms with Crippen LogP contribution in [0.5, 0.6) is 0 Å². The van der Waals surface area contributed by atoms with Gasteiger partial charge in [-0.3, -0.25) is 0 Å². The summed E-state index contributed by atoms with van der Waals surface area (Å²) in [7, 11) is 0. The molecule has 1 N–H and O–H groups in total. The van der Waals surface area contributed by atoms with Gasteiger partial charge in [0.15, 0.2) is 0 Å². The van der Waals surface area contributed by atoms with Crippen LogP contribution in [0.2, 0.25) is 0 Å². The summed E-state index contributed by atoms with van der Waals surface area (Å²) in [6, 6.07) is 19.5. The molecule has 2 aromatic carbocycles. The maximum absolute atomic E-state index is 13.7. The van der Waals surface area contributed by atoms with Gasteiger partial charge in [0, 0.05) is 0 Å². The fourth-order valence-electron chi connectivity index (χ4n) is 2.14. The van der Waals surface area contributed by atoms with Gasteiger partial charge in [-0.25, -0.2) is 4.39 Å². The van der Waals surface area contributed by atoms with Crippen molar-refractivity contribution in [1.82, 2.24) is 0 Å². The van der Waals surface area contributed by atoms with Crippen LogP contribution >= 0.6 is 0 Å². The Morgan fingerprint density at radius 2 is 1.59 bits per heavy atom. The maximum atomic E-state index is 13.7. The van der Waals surface area contributed by atoms with E-state index in [4.69, 9.17) is 4.74 Å². The van der Waals surface area contributed by atoms with Crippen molar-refractivity contribution in [1.29, 1.82) is 0 Å². The number of halogens is 1. The fraction of sp³-hybridized carbons (Fsp3) is 0.263. The van der Waals surface area contributed by atoms with Crippen LogP contribution in [0, 0.1) is 0 Å². The van der Waals surface area contributed by atoms with Gasteiger partial charge in [0.25, 0.3) is 0 Å². The molecule has 0 amide bonds. The number of rotatable bonds is 8. The second-order valence-electron chi connectivity index (χ2n) is 5.18. The van der Waals surface area contributed by atoms with Crippen molar-refractivity contribution in [3.63, 3.8) is 0 Å². The molecule has 0 aliphatic rings. The van der Waals surface area contributed by atoms with Crippen LogP contribution in [0.3, 0.4) is 0 Å². The van der Waals surface area contributed by atoms with E-state index in [1.807, 2.05) is 60.7 Å². The zero-order valence-electron chi connectivity index (χ0n) is 12.5. The lowest BCUT2D eigenvalue weighted by molar-refractivity contribution is 0.126. The minimum Gasteiger partial charge on any atom is -0.389 e. The zero-order chi connectivity index (χ0) is 15.6. The molecular formula is C19H21FO2. The molecule has 1 atom stereocenters. The topological polar surface area (TPSA) is 29.5 Å². The number of hydrogen-bond acceptors (Lipinski definition) is 2. The predicted molar refractivity (Wildman–Crippen MR) is 86.1 cm³/mol. The van der Waals surface area contributed by atoms with Crippen LogP contribution in [0.1, 0.15) is 17.5 Å². The van der Waals surface area contributed by atoms with E-state index in [1.54, 1.807) is 0 Å². The quantitative estimate of drug-likeness (QED) is 0.797. The van der Waals surface area contributed by atoms with Crippen molar-refractivity contribution in [2.24, 2.45) is 0 Å². The third-order valence-corrected chi connectivity index (χ3v) is 3.30. The molecule has 0 aliphatic heterocycles. The van der Waals surface area contributed by atoms with Crippen molar-refractivity contribution in [3.05, 3.63) is 83.7 Å². The summed E-state index contributed by atoms with van der Waals surface area (Å²) >= 11 is 0. The highest BCUT2D eigenvalue weighted by atomic mass is 19.1. The molecule has 0 saturated heterocycles. The third kappa shape index (κ3) is 6.20. The molecule has 1 unspecified atom stereocenters. The smallest absolute Gasteiger partial charge is 0.124 e. The molecule has 0 saturated carbocycles. The highest BCUT2D eigenvalue weighted by Gasteiger charge is 2.04. The average Bonchev–Trinajstić information content (AvgIpc) is 2.55. The Morgan fingerprint density at radius 3 is 2.23 bits per heavy atom. The minimum atomic E-state index is -0.791. The SMILES string of the molecule is OC(/C=C(/F)COCc1ccccc1)CCc1ccccc1. The summed E-state index contributed by atoms with van der Waals surface area (Å²) < 4.78 is 18.9. The summed E-state index contributed by atoms with van der Waals surface area (Å²) in [5.74, 6) is -0.434. The number of aryl methyl sites for hydroxylation is 1. The van der Waals surface area contributed by atoms with Crippen molar-refractivity contribution in [2.45, 2.75) is 25.6 Å². The maximum Gasteiger partial charge on any atom is 0.124 e. The monoisotopic (exact) mass is 300 g/mol. The molecule has 0 bridgehead atoms. The standard InChI is InChI=1S/C19H21FO2/c20-18(15-22-14-17-9-5-2-6-10-17)13-19(21)12-11-16-7-3-1-4-8-16/h1-10,13,19,21H,11-12,14-15H2/b18-13+. The molecular weight excluding hydrogens is 279 g/mol. The first kappa shape index (κ1) is 16.4. The molecule has 3 heteroatoms. The molecule has 0 spiro atoms. The van der Waals surface area contributed by atoms with E-state index in [0.29, 0.717) is 13.0 Å². The van der Waals surface area contributed by atoms with Crippen LogP contribution < -0.4 is 0 Å². The van der Waals surface area contributed by atoms with Crippen LogP contribution in [-0.2, 0) is 17.8 Å². The van der Waals surface area contributed by atoms with Crippen molar-refractivity contribution >= 4 is 0 Å². The Labute approximate surface area is 130 Å². The summed E-state index contributed by atoms with van der Waals surface area (Å²) in [5.41, 5.74) is 2.13. The molecule has 0 heterocycles. The molecule has 0 radical (unpaired) electrons. The Kier molecular flexibility index (Phi) is 6.81. The van der Waals surface area contributed by atoms with Gasteiger partial charge in [-0.2, -0.15) is 0 Å². The highest BCUT2D eigenvalue weighted by Crippen LogP contribution is 2.09. The zero-order valence-corrected chi connectivity index (χ0v) is 12.5. The van der Waals surface area contributed by atoms with E-state index in [9.17, 15) is 9.50 Å². The van der Waals surface area contributed by atoms with Gasteiger partial charge < -0.3 is 9.84 Å². The molecule has 116 valence electrons. The van der Waals surface area contributed by atoms with Crippen LogP contribution in [-0.4, -0.2) is 17.8 Å². The highest BCUT2D eigenvalue weighted by molar-refractivity contribution is 5.15. The third-order valence-electron chi connectivity index (χ3n) is 3.30. The number of aliphatic hydroxyl groups is 1. The van der Waals surface area contributed by atoms with Crippen LogP contribution in [0.15, 0.2) is 72.6 Å². The average molecular weight is 300 g/mol. The normalized spacial score (nSPS) is 13.1. The summed E-state index contributed by atoms with van der Waals surface area (Å²) in [6.07, 6.45) is 1.65. The molecule has 0 aliphatic carbocycles. The minimum absolute atomic E-state index is 0.114. The van der Waals surface area contributed by atoms with E-state index in [-0.39, 0.29) is 6.61 Å². The molecule has 0 aromatic heterocycles. The molecule has 2 aromatic rings. The number of ether oxygens (including phenoxy) is 1. The van der Waals surface area contributed by atoms with E-state index >= 15 is 0 Å². The van der Waals surface area contributed by atoms with Gasteiger partial charge in [0.1, 0.15) is 5.83 Å². The Morgan fingerprint density at radius 1 is 1.00 bits per heavy atom. The molecule has 0 fully saturated rings. The van der Waals surface area contributed by atoms with Crippen molar-refractivity contribution < 1.29 is 14.2 Å². The van der Waals surface area contributed by atoms with E-state index in [1.165, 1.54) is 6.08 Å². The summed E-state index contributed by atoms with van der Waals surface area (Å²) in [4.78, 5) is 0. The second kappa shape index (κ2) is 9.13. The van der Waals surface area contributed by atoms with Gasteiger partial charge >= 0.3 is 0 Å². The molecule has 2 rings (SSSR count). The summed E-state index contributed by atoms with van der Waals surface area (Å²) in [6.45, 7) is 0.250. The van der Waals surface area contributed by atoms with Gasteiger partial charge in [0.2, 0.25) is 0 Å². The van der Waals surface area contributed by atoms with E-state index in [2.05, 4.69) is 0 Å². The lowest BCUT2D eigenvalue weighted by atomic mass is 10.1. The predicted octanol–water partition coefficient (Wildman–Crippen LogP) is 4.05. The number of benzene rings is 2. The fourth-order valence-corrected chi connectivity index (χ4v) is 2.14. The van der Waals surface area contributed by atoms with Gasteiger partial charge in [-0.15, -0.1) is 0 Å². The first-order chi connectivity index (χ1) is 10.7. The van der Waals surface area contributed by atoms with Gasteiger partial charge in [0.05, 0.1) is 19.3 Å². The Bertz CT molecular complexity index is 567. The number of aliphatic hydroxyl groups excluding tert-OH is 1. The molecule has 22 heavy (non-hydrogen) atoms. The Hall–Kier alpha value is -1.97. The largest absolute Gasteiger partial charge is 0.389 e. The van der Waals surface area contributed by atoms with Crippen LogP contribution in [0.25, 0.3) is 0 Å². The van der Waals surface area contributed by atoms with Crippen molar-refractivity contribution in [2.75, 3.05) is 6.61 Å². The lowest BCUT2D eigenvalue weighted by Gasteiger charge is -2.07. The Balaban J connectivity index is 1.69. The lowest BCUT2D eigenvalue weighted by Crippen LogP contribution is -2.06. The molecule has 2 nitrogen and oxygen atoms in total. The van der Waals surface area contributed by atoms with Gasteiger partial charge in [-0.1, -0.05) is 60.7 Å². The van der Waals surface area contributed by atoms with E-state index < -0.39 is 11.9 Å². The first-order valence-electron chi connectivity index (χ1n) is 7.44. The second-order valence-corrected chi connectivity index (χ2v) is 5.18. The first-order valence-corrected chi connectivity index (χ1v) is 7.44. The number of hydrogen-bond donors (Lipinski definition) is 1. The summed E-state index contributed by atoms with van der Waals surface area (Å²) in [5, 5.41) is 9.83. The van der Waals surface area contributed by atoms with E-state index in [0.717, 1.165) is 17.5 Å². The van der Waals surface area contributed by atoms with Crippen LogP contribution in [0.4, 0.5) is 4.39 Å².